The number of benzene rings is 1. The number of rotatable bonds is 6. The van der Waals surface area contributed by atoms with Crippen LogP contribution in [0.2, 0.25) is 0 Å². The van der Waals surface area contributed by atoms with Crippen LogP contribution in [-0.2, 0) is 18.5 Å². The van der Waals surface area contributed by atoms with Crippen LogP contribution in [0.4, 0.5) is 57.0 Å². The van der Waals surface area contributed by atoms with Gasteiger partial charge in [0.1, 0.15) is 5.82 Å². The zero-order chi connectivity index (χ0) is 22.7. The van der Waals surface area contributed by atoms with Gasteiger partial charge in [-0.15, -0.1) is 0 Å². The number of hydrogen-bond donors (Lipinski definition) is 3. The van der Waals surface area contributed by atoms with E-state index in [0.29, 0.717) is 18.2 Å². The van der Waals surface area contributed by atoms with Crippen LogP contribution in [-0.4, -0.2) is 28.2 Å². The van der Waals surface area contributed by atoms with Crippen LogP contribution in [0, 0.1) is 0 Å². The van der Waals surface area contributed by atoms with E-state index in [-0.39, 0.29) is 25.6 Å². The Hall–Kier alpha value is -2.77. The van der Waals surface area contributed by atoms with Crippen LogP contribution in [0.1, 0.15) is 23.2 Å². The molecule has 5 nitrogen and oxygen atoms in total. The lowest BCUT2D eigenvalue weighted by Gasteiger charge is -2.18. The molecule has 1 aromatic heterocycles. The molecule has 0 bridgehead atoms. The smallest absolute Gasteiger partial charge is 0.396 e. The molecule has 2 rings (SSSR count). The first-order valence-electron chi connectivity index (χ1n) is 8.08. The van der Waals surface area contributed by atoms with E-state index >= 15 is 0 Å². The largest absolute Gasteiger partial charge is 0.433 e. The molecule has 0 amide bonds. The summed E-state index contributed by atoms with van der Waals surface area (Å²) >= 11 is 0. The van der Waals surface area contributed by atoms with E-state index in [0.717, 1.165) is 0 Å². The molecule has 30 heavy (non-hydrogen) atoms. The number of alkyl halides is 9. The van der Waals surface area contributed by atoms with Gasteiger partial charge in [-0.05, 0) is 24.6 Å². The maximum atomic E-state index is 13.2. The first kappa shape index (κ1) is 23.5. The number of aromatic nitrogens is 2. The zero-order valence-corrected chi connectivity index (χ0v) is 14.7. The lowest BCUT2D eigenvalue weighted by atomic mass is 10.1. The molecule has 0 aliphatic carbocycles. The molecular formula is C16H13F9N4O. The van der Waals surface area contributed by atoms with Gasteiger partial charge in [0.25, 0.3) is 0 Å². The van der Waals surface area contributed by atoms with Crippen molar-refractivity contribution in [2.24, 2.45) is 0 Å². The third-order valence-electron chi connectivity index (χ3n) is 3.55. The van der Waals surface area contributed by atoms with Gasteiger partial charge in [0.15, 0.2) is 5.69 Å². The van der Waals surface area contributed by atoms with Gasteiger partial charge >= 0.3 is 18.5 Å². The Morgan fingerprint density at radius 3 is 2.03 bits per heavy atom. The second-order valence-corrected chi connectivity index (χ2v) is 5.84. The first-order valence-corrected chi connectivity index (χ1v) is 8.08. The average molecular weight is 448 g/mol. The molecule has 14 heteroatoms. The lowest BCUT2D eigenvalue weighted by molar-refractivity contribution is -0.143. The highest BCUT2D eigenvalue weighted by Crippen LogP contribution is 2.40. The van der Waals surface area contributed by atoms with Crippen LogP contribution in [0.3, 0.4) is 0 Å². The second-order valence-electron chi connectivity index (χ2n) is 5.84. The van der Waals surface area contributed by atoms with Crippen molar-refractivity contribution in [3.05, 3.63) is 41.1 Å². The lowest BCUT2D eigenvalue weighted by Crippen LogP contribution is -2.16. The minimum Gasteiger partial charge on any atom is -0.396 e. The van der Waals surface area contributed by atoms with Gasteiger partial charge in [-0.25, -0.2) is 4.98 Å². The number of nitrogens with one attached hydrogen (secondary N) is 2. The summed E-state index contributed by atoms with van der Waals surface area (Å²) in [5.41, 5.74) is -5.74. The van der Waals surface area contributed by atoms with Crippen molar-refractivity contribution in [1.29, 1.82) is 0 Å². The summed E-state index contributed by atoms with van der Waals surface area (Å²) in [6.07, 6.45) is -15.1. The SMILES string of the molecule is OCCCNc1nc(Nc2ccc(C(F)(F)F)cc2C(F)(F)F)cc(C(F)(F)F)n1. The van der Waals surface area contributed by atoms with E-state index in [1.807, 2.05) is 5.32 Å². The van der Waals surface area contributed by atoms with E-state index in [1.165, 1.54) is 0 Å². The highest BCUT2D eigenvalue weighted by atomic mass is 19.4. The quantitative estimate of drug-likeness (QED) is 0.425. The maximum Gasteiger partial charge on any atom is 0.433 e. The molecule has 0 aliphatic rings. The molecule has 0 unspecified atom stereocenters. The minimum atomic E-state index is -5.23. The zero-order valence-electron chi connectivity index (χ0n) is 14.7. The molecule has 0 saturated heterocycles. The van der Waals surface area contributed by atoms with Crippen LogP contribution >= 0.6 is 0 Å². The summed E-state index contributed by atoms with van der Waals surface area (Å²) < 4.78 is 117. The van der Waals surface area contributed by atoms with Gasteiger partial charge in [-0.2, -0.15) is 44.5 Å². The fourth-order valence-electron chi connectivity index (χ4n) is 2.22. The summed E-state index contributed by atoms with van der Waals surface area (Å²) in [5.74, 6) is -1.32. The Balaban J connectivity index is 2.48. The Bertz CT molecular complexity index is 878. The molecule has 0 aliphatic heterocycles. The van der Waals surface area contributed by atoms with Crippen LogP contribution < -0.4 is 10.6 Å². The second kappa shape index (κ2) is 8.53. The van der Waals surface area contributed by atoms with E-state index in [4.69, 9.17) is 5.11 Å². The van der Waals surface area contributed by atoms with Crippen molar-refractivity contribution in [2.75, 3.05) is 23.8 Å². The topological polar surface area (TPSA) is 70.1 Å². The molecule has 166 valence electrons. The summed E-state index contributed by atoms with van der Waals surface area (Å²) in [5, 5.41) is 13.0. The van der Waals surface area contributed by atoms with E-state index in [2.05, 4.69) is 15.3 Å². The van der Waals surface area contributed by atoms with Crippen molar-refractivity contribution in [3.8, 4) is 0 Å². The molecular weight excluding hydrogens is 435 g/mol. The molecule has 0 saturated carbocycles. The third kappa shape index (κ3) is 6.11. The van der Waals surface area contributed by atoms with Crippen LogP contribution in [0.15, 0.2) is 24.3 Å². The van der Waals surface area contributed by atoms with E-state index < -0.39 is 52.8 Å². The molecule has 1 heterocycles. The van der Waals surface area contributed by atoms with Gasteiger partial charge < -0.3 is 15.7 Å². The van der Waals surface area contributed by atoms with E-state index in [9.17, 15) is 39.5 Å². The van der Waals surface area contributed by atoms with Crippen molar-refractivity contribution in [1.82, 2.24) is 9.97 Å². The van der Waals surface area contributed by atoms with Gasteiger partial charge in [0.05, 0.1) is 16.8 Å². The Kier molecular flexibility index (Phi) is 6.69. The minimum absolute atomic E-state index is 0.0364. The third-order valence-corrected chi connectivity index (χ3v) is 3.55. The molecule has 2 aromatic rings. The van der Waals surface area contributed by atoms with Gasteiger partial charge in [-0.3, -0.25) is 0 Å². The summed E-state index contributed by atoms with van der Waals surface area (Å²) in [7, 11) is 0. The maximum absolute atomic E-state index is 13.2. The molecule has 0 spiro atoms. The number of hydrogen-bond acceptors (Lipinski definition) is 5. The predicted octanol–water partition coefficient (Wildman–Crippen LogP) is 5.07. The normalized spacial score (nSPS) is 12.7. The van der Waals surface area contributed by atoms with Crippen LogP contribution in [0.5, 0.6) is 0 Å². The Morgan fingerprint density at radius 2 is 1.50 bits per heavy atom. The number of anilines is 3. The number of nitrogens with zero attached hydrogens (tertiary/aromatic N) is 2. The monoisotopic (exact) mass is 448 g/mol. The summed E-state index contributed by atoms with van der Waals surface area (Å²) in [6.45, 7) is -0.330. The fourth-order valence-corrected chi connectivity index (χ4v) is 2.22. The number of aliphatic hydroxyl groups excluding tert-OH is 1. The molecule has 0 fully saturated rings. The van der Waals surface area contributed by atoms with Crippen molar-refractivity contribution >= 4 is 17.5 Å². The Labute approximate surface area is 163 Å². The number of halogens is 9. The van der Waals surface area contributed by atoms with Crippen molar-refractivity contribution < 1.29 is 44.6 Å². The summed E-state index contributed by atoms with van der Waals surface area (Å²) in [4.78, 5) is 6.80. The molecule has 0 radical (unpaired) electrons. The first-order chi connectivity index (χ1) is 13.7. The van der Waals surface area contributed by atoms with Gasteiger partial charge in [0, 0.05) is 19.2 Å². The highest BCUT2D eigenvalue weighted by molar-refractivity contribution is 5.63. The average Bonchev–Trinajstić information content (AvgIpc) is 2.59. The Morgan fingerprint density at radius 1 is 0.833 bits per heavy atom. The van der Waals surface area contributed by atoms with Crippen molar-refractivity contribution in [3.63, 3.8) is 0 Å². The summed E-state index contributed by atoms with van der Waals surface area (Å²) in [6, 6.07) is 0.952. The van der Waals surface area contributed by atoms with Crippen LogP contribution in [0.25, 0.3) is 0 Å². The number of aliphatic hydroxyl groups is 1. The van der Waals surface area contributed by atoms with Gasteiger partial charge in [0.2, 0.25) is 5.95 Å². The highest BCUT2D eigenvalue weighted by Gasteiger charge is 2.39. The van der Waals surface area contributed by atoms with Gasteiger partial charge in [-0.1, -0.05) is 0 Å². The fraction of sp³-hybridized carbons (Fsp3) is 0.375. The standard InChI is InChI=1S/C16H13F9N4O/c17-14(18,19)8-2-3-10(9(6-8)15(20,21)22)27-12-7-11(16(23,24)25)28-13(29-12)26-4-1-5-30/h2-3,6-7,30H,1,4-5H2,(H2,26,27,28,29). The van der Waals surface area contributed by atoms with Crippen molar-refractivity contribution in [2.45, 2.75) is 24.9 Å². The molecule has 1 aromatic carbocycles. The molecule has 0 atom stereocenters. The van der Waals surface area contributed by atoms with E-state index in [1.54, 1.807) is 0 Å². The molecule has 3 N–H and O–H groups in total. The predicted molar refractivity (Wildman–Crippen MR) is 87.0 cm³/mol.